The Balaban J connectivity index is 2.68. The Labute approximate surface area is 125 Å². The Morgan fingerprint density at radius 2 is 1.95 bits per heavy atom. The van der Waals surface area contributed by atoms with E-state index in [0.717, 1.165) is 0 Å². The number of hydrogen-bond acceptors (Lipinski definition) is 3. The summed E-state index contributed by atoms with van der Waals surface area (Å²) in [6, 6.07) is 6.62. The number of esters is 1. The van der Waals surface area contributed by atoms with Gasteiger partial charge in [-0.25, -0.2) is 9.18 Å². The van der Waals surface area contributed by atoms with E-state index in [1.165, 1.54) is 34.9 Å². The van der Waals surface area contributed by atoms with Gasteiger partial charge in [-0.3, -0.25) is 9.36 Å². The zero-order chi connectivity index (χ0) is 15.6. The van der Waals surface area contributed by atoms with Gasteiger partial charge in [0, 0.05) is 11.4 Å². The molecule has 0 spiro atoms. The van der Waals surface area contributed by atoms with Crippen LogP contribution in [-0.4, -0.2) is 17.1 Å². The summed E-state index contributed by atoms with van der Waals surface area (Å²) in [7, 11) is 0. The molecule has 2 rings (SSSR count). The van der Waals surface area contributed by atoms with Crippen molar-refractivity contribution in [1.82, 2.24) is 4.57 Å². The van der Waals surface area contributed by atoms with Crippen LogP contribution >= 0.6 is 11.6 Å². The summed E-state index contributed by atoms with van der Waals surface area (Å²) >= 11 is 6.07. The Bertz CT molecular complexity index is 738. The van der Waals surface area contributed by atoms with E-state index in [1.54, 1.807) is 13.8 Å². The lowest BCUT2D eigenvalue weighted by atomic mass is 10.2. The summed E-state index contributed by atoms with van der Waals surface area (Å²) in [5, 5.41) is 0.252. The number of pyridine rings is 1. The third-order valence-electron chi connectivity index (χ3n) is 2.97. The maximum atomic E-state index is 13.0. The van der Waals surface area contributed by atoms with Crippen molar-refractivity contribution in [2.45, 2.75) is 13.8 Å². The maximum absolute atomic E-state index is 13.0. The fourth-order valence-corrected chi connectivity index (χ4v) is 2.12. The molecule has 21 heavy (non-hydrogen) atoms. The molecular weight excluding hydrogens is 297 g/mol. The van der Waals surface area contributed by atoms with Gasteiger partial charge in [0.05, 0.1) is 11.6 Å². The first-order valence-corrected chi connectivity index (χ1v) is 6.68. The zero-order valence-electron chi connectivity index (χ0n) is 11.5. The average molecular weight is 310 g/mol. The molecule has 2 aromatic rings. The molecule has 1 heterocycles. The summed E-state index contributed by atoms with van der Waals surface area (Å²) in [6.07, 6.45) is 0. The number of ether oxygens (including phenoxy) is 1. The van der Waals surface area contributed by atoms with Crippen molar-refractivity contribution < 1.29 is 13.9 Å². The molecule has 0 bridgehead atoms. The molecule has 110 valence electrons. The second-order valence-corrected chi connectivity index (χ2v) is 4.74. The first-order chi connectivity index (χ1) is 9.95. The van der Waals surface area contributed by atoms with E-state index < -0.39 is 17.3 Å². The molecule has 0 atom stereocenters. The van der Waals surface area contributed by atoms with Crippen LogP contribution in [0.2, 0.25) is 5.02 Å². The lowest BCUT2D eigenvalue weighted by Gasteiger charge is -2.13. The average Bonchev–Trinajstić information content (AvgIpc) is 2.45. The van der Waals surface area contributed by atoms with Gasteiger partial charge < -0.3 is 4.74 Å². The molecule has 1 aromatic carbocycles. The summed E-state index contributed by atoms with van der Waals surface area (Å²) in [5.74, 6) is -1.16. The third-order valence-corrected chi connectivity index (χ3v) is 3.35. The number of nitrogens with zero attached hydrogens (tertiary/aromatic N) is 1. The van der Waals surface area contributed by atoms with E-state index in [-0.39, 0.29) is 17.2 Å². The second kappa shape index (κ2) is 6.10. The van der Waals surface area contributed by atoms with E-state index in [0.29, 0.717) is 11.4 Å². The highest BCUT2D eigenvalue weighted by Gasteiger charge is 2.18. The minimum atomic E-state index is -0.736. The first kappa shape index (κ1) is 15.3. The molecule has 0 aliphatic carbocycles. The van der Waals surface area contributed by atoms with Gasteiger partial charge in [0.25, 0.3) is 5.56 Å². The SMILES string of the molecule is CCOC(=O)c1cc(Cl)c(C)n(-c2ccc(F)cc2)c1=O. The number of aromatic nitrogens is 1. The van der Waals surface area contributed by atoms with Gasteiger partial charge in [-0.05, 0) is 44.2 Å². The summed E-state index contributed by atoms with van der Waals surface area (Å²) in [5.41, 5.74) is 0.173. The molecule has 0 saturated heterocycles. The maximum Gasteiger partial charge on any atom is 0.343 e. The topological polar surface area (TPSA) is 48.3 Å². The summed E-state index contributed by atoms with van der Waals surface area (Å²) in [4.78, 5) is 24.3. The van der Waals surface area contributed by atoms with Gasteiger partial charge in [-0.1, -0.05) is 11.6 Å². The molecule has 0 unspecified atom stereocenters. The molecule has 0 amide bonds. The number of hydrogen-bond donors (Lipinski definition) is 0. The molecule has 0 saturated carbocycles. The van der Waals surface area contributed by atoms with E-state index in [9.17, 15) is 14.0 Å². The van der Waals surface area contributed by atoms with Crippen molar-refractivity contribution in [3.05, 3.63) is 62.8 Å². The van der Waals surface area contributed by atoms with Gasteiger partial charge in [-0.2, -0.15) is 0 Å². The Morgan fingerprint density at radius 3 is 2.52 bits per heavy atom. The second-order valence-electron chi connectivity index (χ2n) is 4.33. The van der Waals surface area contributed by atoms with Crippen LogP contribution in [0.25, 0.3) is 5.69 Å². The third kappa shape index (κ3) is 2.97. The molecule has 0 aliphatic heterocycles. The monoisotopic (exact) mass is 309 g/mol. The number of halogens is 2. The molecule has 0 radical (unpaired) electrons. The van der Waals surface area contributed by atoms with Crippen LogP contribution in [0.1, 0.15) is 23.0 Å². The van der Waals surface area contributed by atoms with E-state index in [1.807, 2.05) is 0 Å². The largest absolute Gasteiger partial charge is 0.462 e. The zero-order valence-corrected chi connectivity index (χ0v) is 12.3. The van der Waals surface area contributed by atoms with Crippen LogP contribution in [0.5, 0.6) is 0 Å². The van der Waals surface area contributed by atoms with Crippen molar-refractivity contribution in [2.75, 3.05) is 6.61 Å². The number of carbonyl (C=O) groups excluding carboxylic acids is 1. The normalized spacial score (nSPS) is 10.5. The van der Waals surface area contributed by atoms with Crippen LogP contribution in [-0.2, 0) is 4.74 Å². The van der Waals surface area contributed by atoms with Crippen molar-refractivity contribution in [2.24, 2.45) is 0 Å². The van der Waals surface area contributed by atoms with Gasteiger partial charge in [0.15, 0.2) is 0 Å². The van der Waals surface area contributed by atoms with Crippen molar-refractivity contribution in [3.8, 4) is 5.69 Å². The van der Waals surface area contributed by atoms with Crippen molar-refractivity contribution in [1.29, 1.82) is 0 Å². The standard InChI is InChI=1S/C15H13ClFNO3/c1-3-21-15(20)12-8-13(16)9(2)18(14(12)19)11-6-4-10(17)5-7-11/h4-8H,3H2,1-2H3. The molecule has 1 aromatic heterocycles. The highest BCUT2D eigenvalue weighted by atomic mass is 35.5. The van der Waals surface area contributed by atoms with E-state index in [2.05, 4.69) is 0 Å². The molecular formula is C15H13ClFNO3. The van der Waals surface area contributed by atoms with Crippen LogP contribution in [0.4, 0.5) is 4.39 Å². The number of benzene rings is 1. The predicted octanol–water partition coefficient (Wildman–Crippen LogP) is 3.12. The van der Waals surface area contributed by atoms with Gasteiger partial charge >= 0.3 is 5.97 Å². The minimum absolute atomic E-state index is 0.153. The van der Waals surface area contributed by atoms with Gasteiger partial charge in [-0.15, -0.1) is 0 Å². The number of carbonyl (C=O) groups is 1. The van der Waals surface area contributed by atoms with Gasteiger partial charge in [0.1, 0.15) is 11.4 Å². The molecule has 4 nitrogen and oxygen atoms in total. The van der Waals surface area contributed by atoms with Crippen LogP contribution < -0.4 is 5.56 Å². The summed E-state index contributed by atoms with van der Waals surface area (Å²) < 4.78 is 19.1. The highest BCUT2D eigenvalue weighted by molar-refractivity contribution is 6.31. The molecule has 0 N–H and O–H groups in total. The smallest absolute Gasteiger partial charge is 0.343 e. The fraction of sp³-hybridized carbons (Fsp3) is 0.200. The van der Waals surface area contributed by atoms with Crippen LogP contribution in [0.15, 0.2) is 35.1 Å². The predicted molar refractivity (Wildman–Crippen MR) is 77.7 cm³/mol. The highest BCUT2D eigenvalue weighted by Crippen LogP contribution is 2.19. The van der Waals surface area contributed by atoms with Crippen molar-refractivity contribution >= 4 is 17.6 Å². The van der Waals surface area contributed by atoms with Crippen LogP contribution in [0, 0.1) is 12.7 Å². The van der Waals surface area contributed by atoms with E-state index >= 15 is 0 Å². The molecule has 0 fully saturated rings. The Hall–Kier alpha value is -2.14. The van der Waals surface area contributed by atoms with Crippen molar-refractivity contribution in [3.63, 3.8) is 0 Å². The lowest BCUT2D eigenvalue weighted by molar-refractivity contribution is 0.0524. The Kier molecular flexibility index (Phi) is 4.43. The first-order valence-electron chi connectivity index (χ1n) is 6.31. The fourth-order valence-electron chi connectivity index (χ4n) is 1.93. The van der Waals surface area contributed by atoms with Gasteiger partial charge in [0.2, 0.25) is 0 Å². The lowest BCUT2D eigenvalue weighted by Crippen LogP contribution is -2.28. The number of rotatable bonds is 3. The summed E-state index contributed by atoms with van der Waals surface area (Å²) in [6.45, 7) is 3.44. The minimum Gasteiger partial charge on any atom is -0.462 e. The van der Waals surface area contributed by atoms with E-state index in [4.69, 9.17) is 16.3 Å². The Morgan fingerprint density at radius 1 is 1.33 bits per heavy atom. The quantitative estimate of drug-likeness (QED) is 0.819. The molecule has 0 aliphatic rings. The molecule has 6 heteroatoms. The van der Waals surface area contributed by atoms with Crippen LogP contribution in [0.3, 0.4) is 0 Å².